The van der Waals surface area contributed by atoms with Gasteiger partial charge < -0.3 is 14.6 Å². The number of carboxylic acid groups (broad SMARTS) is 1. The van der Waals surface area contributed by atoms with Crippen molar-refractivity contribution >= 4 is 5.97 Å². The van der Waals surface area contributed by atoms with Gasteiger partial charge in [-0.1, -0.05) is 6.07 Å². The van der Waals surface area contributed by atoms with Gasteiger partial charge in [-0.05, 0) is 36.5 Å². The van der Waals surface area contributed by atoms with Gasteiger partial charge in [0.2, 0.25) is 0 Å². The molecule has 1 aromatic carbocycles. The Morgan fingerprint density at radius 3 is 2.78 bits per heavy atom. The van der Waals surface area contributed by atoms with Crippen LogP contribution in [0.1, 0.15) is 18.4 Å². The molecule has 0 saturated heterocycles. The quantitative estimate of drug-likeness (QED) is 0.890. The molecule has 3 rings (SSSR count). The first-order valence-electron chi connectivity index (χ1n) is 6.35. The minimum absolute atomic E-state index is 0.152. The fraction of sp³-hybridized carbons (Fsp3) is 0.500. The Hall–Kier alpha value is -1.71. The van der Waals surface area contributed by atoms with Gasteiger partial charge >= 0.3 is 5.97 Å². The molecule has 1 heterocycles. The van der Waals surface area contributed by atoms with E-state index in [0.717, 1.165) is 36.3 Å². The van der Waals surface area contributed by atoms with Crippen LogP contribution in [0.15, 0.2) is 18.2 Å². The van der Waals surface area contributed by atoms with Gasteiger partial charge in [0.15, 0.2) is 11.5 Å². The summed E-state index contributed by atoms with van der Waals surface area (Å²) in [5.41, 5.74) is 1.13. The molecule has 2 aliphatic rings. The summed E-state index contributed by atoms with van der Waals surface area (Å²) in [7, 11) is 0. The molecule has 1 aliphatic heterocycles. The average molecular weight is 248 g/mol. The van der Waals surface area contributed by atoms with Crippen LogP contribution in [-0.2, 0) is 11.2 Å². The van der Waals surface area contributed by atoms with E-state index in [2.05, 4.69) is 0 Å². The van der Waals surface area contributed by atoms with Crippen LogP contribution < -0.4 is 9.47 Å². The van der Waals surface area contributed by atoms with E-state index in [4.69, 9.17) is 14.6 Å². The third-order valence-electron chi connectivity index (χ3n) is 3.55. The zero-order valence-corrected chi connectivity index (χ0v) is 10.1. The SMILES string of the molecule is O=C(O)C1CC1Cc1ccc2c(c1)OCCCO2. The van der Waals surface area contributed by atoms with E-state index >= 15 is 0 Å². The third kappa shape index (κ3) is 2.28. The van der Waals surface area contributed by atoms with Gasteiger partial charge in [0.25, 0.3) is 0 Å². The smallest absolute Gasteiger partial charge is 0.306 e. The Balaban J connectivity index is 1.70. The van der Waals surface area contributed by atoms with Crippen molar-refractivity contribution in [2.24, 2.45) is 11.8 Å². The molecule has 0 radical (unpaired) electrons. The van der Waals surface area contributed by atoms with E-state index in [1.54, 1.807) is 0 Å². The Kier molecular flexibility index (Phi) is 2.86. The lowest BCUT2D eigenvalue weighted by Gasteiger charge is -2.09. The van der Waals surface area contributed by atoms with Gasteiger partial charge in [-0.2, -0.15) is 0 Å². The van der Waals surface area contributed by atoms with Crippen LogP contribution in [0, 0.1) is 11.8 Å². The highest BCUT2D eigenvalue weighted by Gasteiger charge is 2.42. The van der Waals surface area contributed by atoms with Crippen molar-refractivity contribution in [1.82, 2.24) is 0 Å². The second kappa shape index (κ2) is 4.52. The van der Waals surface area contributed by atoms with E-state index < -0.39 is 5.97 Å². The van der Waals surface area contributed by atoms with Gasteiger partial charge in [-0.25, -0.2) is 0 Å². The van der Waals surface area contributed by atoms with Crippen LogP contribution in [0.25, 0.3) is 0 Å². The standard InChI is InChI=1S/C14H16O4/c15-14(16)11-8-10(11)6-9-2-3-12-13(7-9)18-5-1-4-17-12/h2-3,7,10-11H,1,4-6,8H2,(H,15,16). The second-order valence-electron chi connectivity index (χ2n) is 4.98. The summed E-state index contributed by atoms with van der Waals surface area (Å²) in [6, 6.07) is 5.91. The van der Waals surface area contributed by atoms with Crippen LogP contribution >= 0.6 is 0 Å². The summed E-state index contributed by atoms with van der Waals surface area (Å²) in [6.07, 6.45) is 2.51. The summed E-state index contributed by atoms with van der Waals surface area (Å²) in [5, 5.41) is 8.89. The molecule has 4 nitrogen and oxygen atoms in total. The average Bonchev–Trinajstić information content (AvgIpc) is 3.11. The molecule has 4 heteroatoms. The molecular weight excluding hydrogens is 232 g/mol. The molecule has 1 aromatic rings. The first kappa shape index (κ1) is 11.4. The van der Waals surface area contributed by atoms with Crippen LogP contribution in [-0.4, -0.2) is 24.3 Å². The lowest BCUT2D eigenvalue weighted by atomic mass is 10.1. The summed E-state index contributed by atoms with van der Waals surface area (Å²) < 4.78 is 11.2. The highest BCUT2D eigenvalue weighted by molar-refractivity contribution is 5.73. The fourth-order valence-corrected chi connectivity index (χ4v) is 2.41. The zero-order valence-electron chi connectivity index (χ0n) is 10.1. The molecule has 2 atom stereocenters. The number of hydrogen-bond acceptors (Lipinski definition) is 3. The van der Waals surface area contributed by atoms with Crippen molar-refractivity contribution in [2.75, 3.05) is 13.2 Å². The predicted octanol–water partition coefficient (Wildman–Crippen LogP) is 2.11. The van der Waals surface area contributed by atoms with Crippen LogP contribution in [0.4, 0.5) is 0 Å². The van der Waals surface area contributed by atoms with Crippen molar-refractivity contribution < 1.29 is 19.4 Å². The third-order valence-corrected chi connectivity index (χ3v) is 3.55. The first-order chi connectivity index (χ1) is 8.74. The van der Waals surface area contributed by atoms with Crippen molar-refractivity contribution in [3.8, 4) is 11.5 Å². The molecule has 0 amide bonds. The molecule has 1 aliphatic carbocycles. The lowest BCUT2D eigenvalue weighted by molar-refractivity contribution is -0.138. The lowest BCUT2D eigenvalue weighted by Crippen LogP contribution is -2.01. The number of benzene rings is 1. The monoisotopic (exact) mass is 248 g/mol. The number of hydrogen-bond donors (Lipinski definition) is 1. The molecule has 18 heavy (non-hydrogen) atoms. The normalized spacial score (nSPS) is 25.3. The van der Waals surface area contributed by atoms with Crippen LogP contribution in [0.3, 0.4) is 0 Å². The first-order valence-corrected chi connectivity index (χ1v) is 6.35. The maximum atomic E-state index is 10.8. The number of rotatable bonds is 3. The maximum absolute atomic E-state index is 10.8. The highest BCUT2D eigenvalue weighted by atomic mass is 16.5. The number of fused-ring (bicyclic) bond motifs is 1. The second-order valence-corrected chi connectivity index (χ2v) is 4.98. The van der Waals surface area contributed by atoms with Gasteiger partial charge in [0.1, 0.15) is 0 Å². The van der Waals surface area contributed by atoms with E-state index in [1.165, 1.54) is 0 Å². The van der Waals surface area contributed by atoms with Gasteiger partial charge in [-0.15, -0.1) is 0 Å². The zero-order chi connectivity index (χ0) is 12.5. The molecule has 1 N–H and O–H groups in total. The minimum atomic E-state index is -0.672. The molecule has 0 aromatic heterocycles. The summed E-state index contributed by atoms with van der Waals surface area (Å²) in [6.45, 7) is 1.37. The largest absolute Gasteiger partial charge is 0.490 e. The van der Waals surface area contributed by atoms with Gasteiger partial charge in [0, 0.05) is 6.42 Å². The van der Waals surface area contributed by atoms with Crippen molar-refractivity contribution in [2.45, 2.75) is 19.3 Å². The molecule has 1 saturated carbocycles. The minimum Gasteiger partial charge on any atom is -0.490 e. The summed E-state index contributed by atoms with van der Waals surface area (Å²) >= 11 is 0. The number of aliphatic carboxylic acids is 1. The van der Waals surface area contributed by atoms with Gasteiger partial charge in [0.05, 0.1) is 19.1 Å². The number of carboxylic acids is 1. The maximum Gasteiger partial charge on any atom is 0.306 e. The predicted molar refractivity (Wildman–Crippen MR) is 65.0 cm³/mol. The molecule has 0 spiro atoms. The number of carbonyl (C=O) groups is 1. The van der Waals surface area contributed by atoms with Gasteiger partial charge in [-0.3, -0.25) is 4.79 Å². The van der Waals surface area contributed by atoms with Crippen LogP contribution in [0.2, 0.25) is 0 Å². The number of ether oxygens (including phenoxy) is 2. The Bertz CT molecular complexity index is 469. The topological polar surface area (TPSA) is 55.8 Å². The Morgan fingerprint density at radius 1 is 1.28 bits per heavy atom. The highest BCUT2D eigenvalue weighted by Crippen LogP contribution is 2.42. The van der Waals surface area contributed by atoms with E-state index in [9.17, 15) is 4.79 Å². The Morgan fingerprint density at radius 2 is 2.06 bits per heavy atom. The van der Waals surface area contributed by atoms with E-state index in [0.29, 0.717) is 13.2 Å². The Labute approximate surface area is 106 Å². The van der Waals surface area contributed by atoms with Crippen LogP contribution in [0.5, 0.6) is 11.5 Å². The summed E-state index contributed by atoms with van der Waals surface area (Å²) in [4.78, 5) is 10.8. The molecular formula is C14H16O4. The van der Waals surface area contributed by atoms with E-state index in [1.807, 2.05) is 18.2 Å². The van der Waals surface area contributed by atoms with Crippen molar-refractivity contribution in [1.29, 1.82) is 0 Å². The molecule has 1 fully saturated rings. The van der Waals surface area contributed by atoms with Crippen molar-refractivity contribution in [3.05, 3.63) is 23.8 Å². The molecule has 2 unspecified atom stereocenters. The summed E-state index contributed by atoms with van der Waals surface area (Å²) in [5.74, 6) is 1.04. The molecule has 96 valence electrons. The van der Waals surface area contributed by atoms with E-state index in [-0.39, 0.29) is 11.8 Å². The fourth-order valence-electron chi connectivity index (χ4n) is 2.41. The molecule has 0 bridgehead atoms. The van der Waals surface area contributed by atoms with Crippen molar-refractivity contribution in [3.63, 3.8) is 0 Å².